The van der Waals surface area contributed by atoms with Crippen LogP contribution >= 0.6 is 0 Å². The van der Waals surface area contributed by atoms with Crippen molar-refractivity contribution in [3.63, 3.8) is 0 Å². The van der Waals surface area contributed by atoms with Gasteiger partial charge in [0.1, 0.15) is 5.75 Å². The molecule has 3 N–H and O–H groups in total. The Kier molecular flexibility index (Phi) is 6.25. The molecule has 1 aromatic carbocycles. The van der Waals surface area contributed by atoms with Gasteiger partial charge in [0.15, 0.2) is 6.61 Å². The molecule has 22 heavy (non-hydrogen) atoms. The maximum Gasteiger partial charge on any atom is 0.255 e. The number of benzene rings is 1. The number of nitrogens with one attached hydrogen (secondary N) is 1. The lowest BCUT2D eigenvalue weighted by Crippen LogP contribution is -2.27. The molecule has 0 bridgehead atoms. The van der Waals surface area contributed by atoms with Crippen LogP contribution in [-0.4, -0.2) is 25.0 Å². The predicted octanol–water partition coefficient (Wildman–Crippen LogP) is 2.25. The van der Waals surface area contributed by atoms with Gasteiger partial charge in [-0.1, -0.05) is 44.2 Å². The van der Waals surface area contributed by atoms with Gasteiger partial charge in [0.05, 0.1) is 5.56 Å². The van der Waals surface area contributed by atoms with E-state index in [1.807, 2.05) is 0 Å². The monoisotopic (exact) mass is 304 g/mol. The van der Waals surface area contributed by atoms with E-state index in [2.05, 4.69) is 5.32 Å². The zero-order valence-electron chi connectivity index (χ0n) is 12.8. The van der Waals surface area contributed by atoms with Crippen molar-refractivity contribution in [2.24, 2.45) is 11.7 Å². The molecule has 2 rings (SSSR count). The molecular weight excluding hydrogens is 280 g/mol. The number of carbonyl (C=O) groups excluding carboxylic acids is 2. The fraction of sp³-hybridized carbons (Fsp3) is 0.529. The summed E-state index contributed by atoms with van der Waals surface area (Å²) in [4.78, 5) is 23.0. The molecule has 120 valence electrons. The Balaban J connectivity index is 1.84. The van der Waals surface area contributed by atoms with Crippen molar-refractivity contribution >= 4 is 11.8 Å². The topological polar surface area (TPSA) is 81.4 Å². The van der Waals surface area contributed by atoms with E-state index in [0.717, 1.165) is 12.3 Å². The first-order valence-electron chi connectivity index (χ1n) is 7.95. The molecule has 5 nitrogen and oxygen atoms in total. The zero-order chi connectivity index (χ0) is 15.8. The van der Waals surface area contributed by atoms with Gasteiger partial charge in [0.25, 0.3) is 11.8 Å². The van der Waals surface area contributed by atoms with Crippen molar-refractivity contribution in [2.45, 2.75) is 38.5 Å². The first-order chi connectivity index (χ1) is 10.7. The van der Waals surface area contributed by atoms with Crippen molar-refractivity contribution in [1.82, 2.24) is 5.32 Å². The minimum Gasteiger partial charge on any atom is -0.483 e. The van der Waals surface area contributed by atoms with Crippen LogP contribution < -0.4 is 15.8 Å². The SMILES string of the molecule is NC(=O)COc1ccccc1C(=O)NCCC1CCCCC1. The van der Waals surface area contributed by atoms with Gasteiger partial charge in [-0.25, -0.2) is 0 Å². The summed E-state index contributed by atoms with van der Waals surface area (Å²) >= 11 is 0. The summed E-state index contributed by atoms with van der Waals surface area (Å²) in [6.45, 7) is 0.444. The molecule has 1 saturated carbocycles. The highest BCUT2D eigenvalue weighted by Crippen LogP contribution is 2.25. The average molecular weight is 304 g/mol. The third-order valence-corrected chi connectivity index (χ3v) is 4.06. The Morgan fingerprint density at radius 2 is 1.91 bits per heavy atom. The molecule has 0 saturated heterocycles. The molecule has 0 aliphatic heterocycles. The molecule has 1 aliphatic carbocycles. The Bertz CT molecular complexity index is 510. The fourth-order valence-electron chi connectivity index (χ4n) is 2.89. The molecule has 1 aliphatic rings. The zero-order valence-corrected chi connectivity index (χ0v) is 12.8. The molecule has 0 heterocycles. The third-order valence-electron chi connectivity index (χ3n) is 4.06. The van der Waals surface area contributed by atoms with Crippen LogP contribution in [0.2, 0.25) is 0 Å². The number of primary amides is 1. The second kappa shape index (κ2) is 8.41. The van der Waals surface area contributed by atoms with Crippen molar-refractivity contribution in [3.8, 4) is 5.75 Å². The van der Waals surface area contributed by atoms with Crippen molar-refractivity contribution in [1.29, 1.82) is 0 Å². The van der Waals surface area contributed by atoms with E-state index in [9.17, 15) is 9.59 Å². The first-order valence-corrected chi connectivity index (χ1v) is 7.95. The minimum atomic E-state index is -0.562. The van der Waals surface area contributed by atoms with Gasteiger partial charge in [-0.2, -0.15) is 0 Å². The van der Waals surface area contributed by atoms with Crippen LogP contribution in [0.5, 0.6) is 5.75 Å². The van der Waals surface area contributed by atoms with E-state index >= 15 is 0 Å². The Morgan fingerprint density at radius 1 is 1.18 bits per heavy atom. The van der Waals surface area contributed by atoms with Crippen molar-refractivity contribution in [3.05, 3.63) is 29.8 Å². The molecule has 0 spiro atoms. The number of para-hydroxylation sites is 1. The summed E-state index contributed by atoms with van der Waals surface area (Å²) in [5.74, 6) is 0.385. The highest BCUT2D eigenvalue weighted by atomic mass is 16.5. The van der Waals surface area contributed by atoms with E-state index in [1.165, 1.54) is 32.1 Å². The maximum absolute atomic E-state index is 12.2. The molecule has 0 unspecified atom stereocenters. The number of amides is 2. The lowest BCUT2D eigenvalue weighted by molar-refractivity contribution is -0.119. The highest BCUT2D eigenvalue weighted by Gasteiger charge is 2.15. The number of rotatable bonds is 7. The van der Waals surface area contributed by atoms with Crippen LogP contribution in [0, 0.1) is 5.92 Å². The number of nitrogens with two attached hydrogens (primary N) is 1. The second-order valence-electron chi connectivity index (χ2n) is 5.80. The van der Waals surface area contributed by atoms with Gasteiger partial charge < -0.3 is 15.8 Å². The number of carbonyl (C=O) groups is 2. The quantitative estimate of drug-likeness (QED) is 0.810. The van der Waals surface area contributed by atoms with Crippen molar-refractivity contribution in [2.75, 3.05) is 13.2 Å². The van der Waals surface area contributed by atoms with Gasteiger partial charge in [-0.15, -0.1) is 0 Å². The van der Waals surface area contributed by atoms with Crippen molar-refractivity contribution < 1.29 is 14.3 Å². The van der Waals surface area contributed by atoms with E-state index in [-0.39, 0.29) is 12.5 Å². The maximum atomic E-state index is 12.2. The number of hydrogen-bond acceptors (Lipinski definition) is 3. The van der Waals surface area contributed by atoms with E-state index in [0.29, 0.717) is 17.9 Å². The smallest absolute Gasteiger partial charge is 0.255 e. The van der Waals surface area contributed by atoms with Gasteiger partial charge >= 0.3 is 0 Å². The standard InChI is InChI=1S/C17H24N2O3/c18-16(20)12-22-15-9-5-4-8-14(15)17(21)19-11-10-13-6-2-1-3-7-13/h4-5,8-9,13H,1-3,6-7,10-12H2,(H2,18,20)(H,19,21). The first kappa shape index (κ1) is 16.3. The minimum absolute atomic E-state index is 0.170. The molecular formula is C17H24N2O3. The summed E-state index contributed by atoms with van der Waals surface area (Å²) in [5, 5.41) is 2.94. The Labute approximate surface area is 131 Å². The van der Waals surface area contributed by atoms with Gasteiger partial charge in [-0.3, -0.25) is 9.59 Å². The fourth-order valence-corrected chi connectivity index (χ4v) is 2.89. The van der Waals surface area contributed by atoms with Gasteiger partial charge in [0, 0.05) is 6.54 Å². The van der Waals surface area contributed by atoms with Crippen LogP contribution in [0.3, 0.4) is 0 Å². The van der Waals surface area contributed by atoms with Crippen LogP contribution in [0.1, 0.15) is 48.9 Å². The van der Waals surface area contributed by atoms with Crippen LogP contribution in [-0.2, 0) is 4.79 Å². The Hall–Kier alpha value is -2.04. The highest BCUT2D eigenvalue weighted by molar-refractivity contribution is 5.97. The van der Waals surface area contributed by atoms with Crippen LogP contribution in [0.15, 0.2) is 24.3 Å². The summed E-state index contributed by atoms with van der Waals surface area (Å²) in [6, 6.07) is 6.88. The molecule has 5 heteroatoms. The Morgan fingerprint density at radius 3 is 2.64 bits per heavy atom. The predicted molar refractivity (Wildman–Crippen MR) is 84.7 cm³/mol. The lowest BCUT2D eigenvalue weighted by Gasteiger charge is -2.21. The molecule has 0 aromatic heterocycles. The largest absolute Gasteiger partial charge is 0.483 e. The summed E-state index contributed by atoms with van der Waals surface area (Å²) < 4.78 is 5.28. The van der Waals surface area contributed by atoms with Gasteiger partial charge in [0.2, 0.25) is 0 Å². The second-order valence-corrected chi connectivity index (χ2v) is 5.80. The molecule has 1 aromatic rings. The molecule has 1 fully saturated rings. The third kappa shape index (κ3) is 5.06. The summed E-state index contributed by atoms with van der Waals surface area (Å²) in [6.07, 6.45) is 7.52. The number of hydrogen-bond donors (Lipinski definition) is 2. The van der Waals surface area contributed by atoms with Gasteiger partial charge in [-0.05, 0) is 24.5 Å². The molecule has 2 amide bonds. The van der Waals surface area contributed by atoms with Crippen LogP contribution in [0.25, 0.3) is 0 Å². The molecule has 0 radical (unpaired) electrons. The van der Waals surface area contributed by atoms with Crippen LogP contribution in [0.4, 0.5) is 0 Å². The summed E-state index contributed by atoms with van der Waals surface area (Å²) in [5.41, 5.74) is 5.50. The molecule has 0 atom stereocenters. The summed E-state index contributed by atoms with van der Waals surface area (Å²) in [7, 11) is 0. The average Bonchev–Trinajstić information content (AvgIpc) is 2.54. The normalized spacial score (nSPS) is 15.3. The van der Waals surface area contributed by atoms with E-state index in [4.69, 9.17) is 10.5 Å². The lowest BCUT2D eigenvalue weighted by atomic mass is 9.87. The van der Waals surface area contributed by atoms with E-state index in [1.54, 1.807) is 24.3 Å². The number of ether oxygens (including phenoxy) is 1. The van der Waals surface area contributed by atoms with E-state index < -0.39 is 5.91 Å².